The summed E-state index contributed by atoms with van der Waals surface area (Å²) < 4.78 is 67.1. The van der Waals surface area contributed by atoms with Gasteiger partial charge in [0.1, 0.15) is 19.3 Å². The van der Waals surface area contributed by atoms with Crippen LogP contribution in [0.15, 0.2) is 0 Å². The second kappa shape index (κ2) is 49.6. The third-order valence-corrected chi connectivity index (χ3v) is 14.3. The Hall–Kier alpha value is -1.94. The van der Waals surface area contributed by atoms with Crippen LogP contribution in [-0.4, -0.2) is 96.7 Å². The van der Waals surface area contributed by atoms with Crippen LogP contribution in [0.1, 0.15) is 265 Å². The Labute approximate surface area is 441 Å². The molecule has 19 heteroatoms. The van der Waals surface area contributed by atoms with E-state index in [-0.39, 0.29) is 25.7 Å². The number of hydrogen-bond acceptors (Lipinski definition) is 15. The highest BCUT2D eigenvalue weighted by Crippen LogP contribution is 2.45. The Morgan fingerprint density at radius 1 is 0.329 bits per heavy atom. The molecule has 0 amide bonds. The summed E-state index contributed by atoms with van der Waals surface area (Å²) in [5.41, 5.74) is 0. The van der Waals surface area contributed by atoms with Gasteiger partial charge >= 0.3 is 39.5 Å². The highest BCUT2D eigenvalue weighted by Gasteiger charge is 2.30. The van der Waals surface area contributed by atoms with Crippen molar-refractivity contribution in [3.8, 4) is 0 Å². The molecule has 0 spiro atoms. The summed E-state index contributed by atoms with van der Waals surface area (Å²) in [5.74, 6) is -2.17. The quantitative estimate of drug-likeness (QED) is 0.0222. The number of phosphoric ester groups is 2. The van der Waals surface area contributed by atoms with E-state index >= 15 is 0 Å². The van der Waals surface area contributed by atoms with E-state index in [2.05, 4.69) is 27.7 Å². The van der Waals surface area contributed by atoms with Crippen molar-refractivity contribution in [1.29, 1.82) is 0 Å². The zero-order valence-corrected chi connectivity index (χ0v) is 47.9. The fraction of sp³-hybridized carbons (Fsp3) is 0.926. The zero-order valence-electron chi connectivity index (χ0n) is 46.1. The molecule has 5 atom stereocenters. The molecule has 0 saturated carbocycles. The van der Waals surface area contributed by atoms with E-state index in [9.17, 15) is 43.2 Å². The summed E-state index contributed by atoms with van der Waals surface area (Å²) in [6.07, 6.45) is 31.4. The van der Waals surface area contributed by atoms with E-state index in [0.717, 1.165) is 96.3 Å². The van der Waals surface area contributed by atoms with Crippen molar-refractivity contribution in [2.75, 3.05) is 39.6 Å². The van der Waals surface area contributed by atoms with E-state index in [1.54, 1.807) is 0 Å². The maximum absolute atomic E-state index is 12.9. The van der Waals surface area contributed by atoms with Crippen LogP contribution < -0.4 is 0 Å². The second-order valence-corrected chi connectivity index (χ2v) is 22.5. The third-order valence-electron chi connectivity index (χ3n) is 12.4. The van der Waals surface area contributed by atoms with Crippen LogP contribution in [0.4, 0.5) is 0 Å². The van der Waals surface area contributed by atoms with Crippen LogP contribution in [0, 0.1) is 0 Å². The molecule has 0 saturated heterocycles. The Morgan fingerprint density at radius 3 is 0.808 bits per heavy atom. The number of carbonyl (C=O) groups excluding carboxylic acids is 4. The zero-order chi connectivity index (χ0) is 54.1. The number of carbonyl (C=O) groups is 4. The summed E-state index contributed by atoms with van der Waals surface area (Å²) in [7, 11) is -9.84. The van der Waals surface area contributed by atoms with Gasteiger partial charge in [-0.25, -0.2) is 9.13 Å². The molecule has 432 valence electrons. The van der Waals surface area contributed by atoms with E-state index in [4.69, 9.17) is 37.0 Å². The molecule has 0 aliphatic carbocycles. The van der Waals surface area contributed by atoms with Crippen molar-refractivity contribution in [2.45, 2.75) is 284 Å². The minimum atomic E-state index is -4.93. The van der Waals surface area contributed by atoms with Crippen LogP contribution in [0.25, 0.3) is 0 Å². The molecule has 0 aromatic heterocycles. The van der Waals surface area contributed by atoms with Crippen LogP contribution in [0.2, 0.25) is 0 Å². The highest BCUT2D eigenvalue weighted by molar-refractivity contribution is 7.47. The van der Waals surface area contributed by atoms with Gasteiger partial charge in [-0.3, -0.25) is 37.3 Å². The van der Waals surface area contributed by atoms with Crippen molar-refractivity contribution in [1.82, 2.24) is 0 Å². The number of phosphoric acid groups is 2. The summed E-state index contributed by atoms with van der Waals surface area (Å²) in [6.45, 7) is 4.62. The predicted molar refractivity (Wildman–Crippen MR) is 285 cm³/mol. The molecule has 0 heterocycles. The number of hydrogen-bond donors (Lipinski definition) is 3. The Kier molecular flexibility index (Phi) is 48.3. The van der Waals surface area contributed by atoms with E-state index in [1.807, 2.05) is 0 Å². The third kappa shape index (κ3) is 49.4. The average molecular weight is 1090 g/mol. The number of ether oxygens (including phenoxy) is 4. The lowest BCUT2D eigenvalue weighted by atomic mass is 10.0. The van der Waals surface area contributed by atoms with Gasteiger partial charge in [0, 0.05) is 25.7 Å². The first kappa shape index (κ1) is 71.1. The van der Waals surface area contributed by atoms with Gasteiger partial charge in [0.15, 0.2) is 12.2 Å². The van der Waals surface area contributed by atoms with Crippen molar-refractivity contribution in [2.24, 2.45) is 0 Å². The van der Waals surface area contributed by atoms with Gasteiger partial charge in [-0.05, 0) is 25.7 Å². The molecular formula is C54H104O17P2. The second-order valence-electron chi connectivity index (χ2n) is 19.6. The van der Waals surface area contributed by atoms with Gasteiger partial charge in [0.2, 0.25) is 0 Å². The molecule has 0 fully saturated rings. The van der Waals surface area contributed by atoms with E-state index in [0.29, 0.717) is 25.7 Å². The SMILES string of the molecule is CCCCCCCCCCCCCCCCC(=O)O[C@H](COC(=O)CCCCCCCCCCC)COP(=O)(O)OC[C@@H](O)COP(=O)(O)OC[C@@H](COC(=O)CCCCCCC)OC(=O)CCCCCCC. The highest BCUT2D eigenvalue weighted by atomic mass is 31.2. The first-order valence-corrected chi connectivity index (χ1v) is 31.8. The number of unbranched alkanes of at least 4 members (excludes halogenated alkanes) is 29. The largest absolute Gasteiger partial charge is 0.472 e. The molecule has 0 aromatic rings. The van der Waals surface area contributed by atoms with Crippen molar-refractivity contribution < 1.29 is 80.2 Å². The van der Waals surface area contributed by atoms with Crippen LogP contribution in [0.5, 0.6) is 0 Å². The maximum atomic E-state index is 12.9. The lowest BCUT2D eigenvalue weighted by Crippen LogP contribution is -2.30. The van der Waals surface area contributed by atoms with Crippen molar-refractivity contribution in [3.05, 3.63) is 0 Å². The molecule has 0 aromatic carbocycles. The molecular weight excluding hydrogens is 983 g/mol. The predicted octanol–water partition coefficient (Wildman–Crippen LogP) is 14.0. The molecule has 73 heavy (non-hydrogen) atoms. The van der Waals surface area contributed by atoms with Crippen molar-refractivity contribution in [3.63, 3.8) is 0 Å². The van der Waals surface area contributed by atoms with E-state index in [1.165, 1.54) is 89.9 Å². The normalized spacial score (nSPS) is 14.5. The van der Waals surface area contributed by atoms with Gasteiger partial charge < -0.3 is 33.8 Å². The van der Waals surface area contributed by atoms with E-state index < -0.39 is 97.5 Å². The lowest BCUT2D eigenvalue weighted by Gasteiger charge is -2.21. The minimum Gasteiger partial charge on any atom is -0.462 e. The number of aliphatic hydroxyl groups is 1. The molecule has 2 unspecified atom stereocenters. The van der Waals surface area contributed by atoms with Gasteiger partial charge in [0.25, 0.3) is 0 Å². The number of aliphatic hydroxyl groups excluding tert-OH is 1. The van der Waals surface area contributed by atoms with Gasteiger partial charge in [-0.2, -0.15) is 0 Å². The summed E-state index contributed by atoms with van der Waals surface area (Å²) in [6, 6.07) is 0. The fourth-order valence-corrected chi connectivity index (χ4v) is 9.44. The van der Waals surface area contributed by atoms with Crippen LogP contribution >= 0.6 is 15.6 Å². The molecule has 0 aliphatic heterocycles. The average Bonchev–Trinajstić information content (AvgIpc) is 3.36. The van der Waals surface area contributed by atoms with Crippen LogP contribution in [-0.2, 0) is 65.4 Å². The Bertz CT molecular complexity index is 1440. The summed E-state index contributed by atoms with van der Waals surface area (Å²) in [5, 5.41) is 10.4. The molecule has 17 nitrogen and oxygen atoms in total. The maximum Gasteiger partial charge on any atom is 0.472 e. The monoisotopic (exact) mass is 1090 g/mol. The Balaban J connectivity index is 5.12. The Morgan fingerprint density at radius 2 is 0.548 bits per heavy atom. The first-order chi connectivity index (χ1) is 35.2. The standard InChI is InChI=1S/C54H104O17P2/c1-5-9-13-17-19-21-22-23-24-25-27-29-33-37-41-54(59)71-50(45-65-52(57)39-35-32-28-26-20-18-14-10-6-2)47-69-73(62,63)67-43-48(55)42-66-72(60,61)68-46-49(70-53(58)40-36-31-16-12-8-4)44-64-51(56)38-34-30-15-11-7-3/h48-50,55H,5-47H2,1-4H3,(H,60,61)(H,62,63)/t48-,49+,50+/m0/s1. The molecule has 0 aliphatic rings. The fourth-order valence-electron chi connectivity index (χ4n) is 7.87. The molecule has 3 N–H and O–H groups in total. The van der Waals surface area contributed by atoms with Gasteiger partial charge in [-0.15, -0.1) is 0 Å². The molecule has 0 radical (unpaired) electrons. The first-order valence-electron chi connectivity index (χ1n) is 28.8. The topological polar surface area (TPSA) is 237 Å². The molecule has 0 rings (SSSR count). The number of rotatable bonds is 55. The van der Waals surface area contributed by atoms with Gasteiger partial charge in [0.05, 0.1) is 26.4 Å². The number of esters is 4. The lowest BCUT2D eigenvalue weighted by molar-refractivity contribution is -0.161. The van der Waals surface area contributed by atoms with Crippen molar-refractivity contribution >= 4 is 39.5 Å². The smallest absolute Gasteiger partial charge is 0.462 e. The summed E-state index contributed by atoms with van der Waals surface area (Å²) in [4.78, 5) is 71.2. The summed E-state index contributed by atoms with van der Waals surface area (Å²) >= 11 is 0. The molecule has 0 bridgehead atoms. The minimum absolute atomic E-state index is 0.0990. The van der Waals surface area contributed by atoms with Crippen LogP contribution in [0.3, 0.4) is 0 Å². The van der Waals surface area contributed by atoms with Gasteiger partial charge in [-0.1, -0.05) is 214 Å².